The molecule has 1 fully saturated rings. The number of aromatic nitrogens is 3. The fraction of sp³-hybridized carbons (Fsp3) is 0.381. The van der Waals surface area contributed by atoms with Gasteiger partial charge in [0.1, 0.15) is 0 Å². The second kappa shape index (κ2) is 8.25. The highest BCUT2D eigenvalue weighted by Gasteiger charge is 2.26. The Morgan fingerprint density at radius 2 is 1.83 bits per heavy atom. The van der Waals surface area contributed by atoms with E-state index in [1.54, 1.807) is 35.0 Å². The van der Waals surface area contributed by atoms with Crippen LogP contribution in [-0.4, -0.2) is 59.4 Å². The summed E-state index contributed by atoms with van der Waals surface area (Å²) >= 11 is 0. The number of hydrogen-bond acceptors (Lipinski definition) is 6. The molecule has 2 aromatic heterocycles. The van der Waals surface area contributed by atoms with Crippen molar-refractivity contribution in [3.05, 3.63) is 59.0 Å². The molecule has 0 radical (unpaired) electrons. The molecule has 1 aliphatic heterocycles. The Labute approximate surface area is 175 Å². The molecule has 0 amide bonds. The first-order chi connectivity index (χ1) is 14.4. The lowest BCUT2D eigenvalue weighted by Crippen LogP contribution is -2.40. The van der Waals surface area contributed by atoms with Gasteiger partial charge in [-0.1, -0.05) is 12.1 Å². The van der Waals surface area contributed by atoms with E-state index >= 15 is 0 Å². The van der Waals surface area contributed by atoms with Crippen LogP contribution in [0.25, 0.3) is 5.65 Å². The summed E-state index contributed by atoms with van der Waals surface area (Å²) in [6, 6.07) is 8.66. The van der Waals surface area contributed by atoms with Gasteiger partial charge in [0.15, 0.2) is 11.4 Å². The number of ether oxygens (including phenoxy) is 1. The minimum absolute atomic E-state index is 0.0347. The van der Waals surface area contributed by atoms with E-state index in [0.29, 0.717) is 50.4 Å². The van der Waals surface area contributed by atoms with E-state index < -0.39 is 10.0 Å². The van der Waals surface area contributed by atoms with Crippen molar-refractivity contribution in [3.63, 3.8) is 0 Å². The van der Waals surface area contributed by atoms with E-state index in [1.807, 2.05) is 19.9 Å². The first kappa shape index (κ1) is 20.6. The summed E-state index contributed by atoms with van der Waals surface area (Å²) in [5, 5.41) is 4.27. The van der Waals surface area contributed by atoms with Gasteiger partial charge < -0.3 is 4.74 Å². The van der Waals surface area contributed by atoms with Gasteiger partial charge in [0, 0.05) is 30.9 Å². The van der Waals surface area contributed by atoms with E-state index in [4.69, 9.17) is 4.74 Å². The third kappa shape index (κ3) is 4.00. The van der Waals surface area contributed by atoms with Gasteiger partial charge in [0.2, 0.25) is 10.0 Å². The van der Waals surface area contributed by atoms with Crippen LogP contribution in [0.5, 0.6) is 0 Å². The van der Waals surface area contributed by atoms with E-state index in [9.17, 15) is 13.2 Å². The molecule has 9 heteroatoms. The lowest BCUT2D eigenvalue weighted by molar-refractivity contribution is 0.0730. The Morgan fingerprint density at radius 3 is 2.53 bits per heavy atom. The molecule has 8 nitrogen and oxygen atoms in total. The van der Waals surface area contributed by atoms with Crippen LogP contribution in [0.1, 0.15) is 33.7 Å². The molecule has 3 aromatic rings. The van der Waals surface area contributed by atoms with Crippen molar-refractivity contribution in [1.82, 2.24) is 18.9 Å². The number of ketones is 1. The maximum atomic E-state index is 12.7. The first-order valence-corrected chi connectivity index (χ1v) is 11.3. The van der Waals surface area contributed by atoms with Crippen molar-refractivity contribution in [2.75, 3.05) is 26.3 Å². The Morgan fingerprint density at radius 1 is 1.13 bits per heavy atom. The largest absolute Gasteiger partial charge is 0.379 e. The van der Waals surface area contributed by atoms with Crippen molar-refractivity contribution >= 4 is 21.5 Å². The van der Waals surface area contributed by atoms with Crippen LogP contribution in [0.3, 0.4) is 0 Å². The van der Waals surface area contributed by atoms with E-state index in [2.05, 4.69) is 10.1 Å². The predicted molar refractivity (Wildman–Crippen MR) is 111 cm³/mol. The number of sulfonamides is 1. The third-order valence-electron chi connectivity index (χ3n) is 5.25. The second-order valence-corrected chi connectivity index (χ2v) is 9.35. The van der Waals surface area contributed by atoms with Gasteiger partial charge in [-0.15, -0.1) is 0 Å². The summed E-state index contributed by atoms with van der Waals surface area (Å²) < 4.78 is 33.7. The number of fused-ring (bicyclic) bond motifs is 1. The lowest BCUT2D eigenvalue weighted by atomic mass is 10.0. The lowest BCUT2D eigenvalue weighted by Gasteiger charge is -2.26. The normalized spacial score (nSPS) is 15.5. The molecular formula is C21H24N4O4S. The summed E-state index contributed by atoms with van der Waals surface area (Å²) in [7, 11) is -3.51. The number of carbonyl (C=O) groups excluding carboxylic acids is 1. The first-order valence-electron chi connectivity index (χ1n) is 9.88. The number of hydrogen-bond donors (Lipinski definition) is 0. The van der Waals surface area contributed by atoms with Gasteiger partial charge in [0.25, 0.3) is 0 Å². The molecule has 0 saturated carbocycles. The fourth-order valence-corrected chi connectivity index (χ4v) is 5.03. The molecule has 0 N–H and O–H groups in total. The van der Waals surface area contributed by atoms with Crippen molar-refractivity contribution in [3.8, 4) is 0 Å². The molecule has 30 heavy (non-hydrogen) atoms. The topological polar surface area (TPSA) is 93.9 Å². The van der Waals surface area contributed by atoms with E-state index in [-0.39, 0.29) is 10.7 Å². The van der Waals surface area contributed by atoms with Crippen molar-refractivity contribution in [2.24, 2.45) is 0 Å². The molecule has 0 aliphatic carbocycles. The molecule has 0 spiro atoms. The zero-order valence-corrected chi connectivity index (χ0v) is 17.9. The maximum absolute atomic E-state index is 12.7. The van der Waals surface area contributed by atoms with Gasteiger partial charge in [-0.25, -0.2) is 17.9 Å². The summed E-state index contributed by atoms with van der Waals surface area (Å²) in [6.07, 6.45) is 2.37. The van der Waals surface area contributed by atoms with Gasteiger partial charge in [-0.3, -0.25) is 4.79 Å². The average molecular weight is 429 g/mol. The summed E-state index contributed by atoms with van der Waals surface area (Å²) in [6.45, 7) is 5.38. The number of Topliss-reactive ketones (excluding diaryl/α,β-unsaturated/α-hetero) is 1. The summed E-state index contributed by atoms with van der Waals surface area (Å²) in [5.74, 6) is -0.0347. The zero-order chi connectivity index (χ0) is 21.3. The number of aryl methyl sites for hydroxylation is 3. The minimum Gasteiger partial charge on any atom is -0.379 e. The van der Waals surface area contributed by atoms with Crippen LogP contribution in [0.4, 0.5) is 0 Å². The summed E-state index contributed by atoms with van der Waals surface area (Å²) in [4.78, 5) is 17.5. The smallest absolute Gasteiger partial charge is 0.243 e. The van der Waals surface area contributed by atoms with Gasteiger partial charge in [0.05, 0.1) is 29.9 Å². The van der Waals surface area contributed by atoms with E-state index in [0.717, 1.165) is 17.0 Å². The minimum atomic E-state index is -3.51. The van der Waals surface area contributed by atoms with Gasteiger partial charge in [-0.05, 0) is 44.0 Å². The number of benzene rings is 1. The Kier molecular flexibility index (Phi) is 5.68. The highest BCUT2D eigenvalue weighted by atomic mass is 32.2. The molecule has 1 saturated heterocycles. The molecule has 0 bridgehead atoms. The highest BCUT2D eigenvalue weighted by molar-refractivity contribution is 7.89. The SMILES string of the molecule is Cc1cc(C)n2ncc(C(=O)CCc3ccc(S(=O)(=O)N4CCOCC4)cc3)c2n1. The molecule has 1 aliphatic rings. The molecule has 3 heterocycles. The molecule has 0 unspecified atom stereocenters. The van der Waals surface area contributed by atoms with Crippen molar-refractivity contribution < 1.29 is 17.9 Å². The van der Waals surface area contributed by atoms with Gasteiger partial charge in [-0.2, -0.15) is 9.40 Å². The standard InChI is InChI=1S/C21H24N4O4S/c1-15-13-16(2)25-21(23-15)19(14-22-25)20(26)8-5-17-3-6-18(7-4-17)30(27,28)24-9-11-29-12-10-24/h3-4,6-7,13-14H,5,8-12H2,1-2H3. The molecular weight excluding hydrogens is 404 g/mol. The number of carbonyl (C=O) groups is 1. The van der Waals surface area contributed by atoms with Crippen LogP contribution in [-0.2, 0) is 21.2 Å². The molecule has 4 rings (SSSR count). The van der Waals surface area contributed by atoms with Crippen LogP contribution < -0.4 is 0 Å². The number of morpholine rings is 1. The van der Waals surface area contributed by atoms with Crippen LogP contribution in [0, 0.1) is 13.8 Å². The maximum Gasteiger partial charge on any atom is 0.243 e. The van der Waals surface area contributed by atoms with Crippen molar-refractivity contribution in [2.45, 2.75) is 31.6 Å². The molecule has 0 atom stereocenters. The molecule has 158 valence electrons. The second-order valence-electron chi connectivity index (χ2n) is 7.42. The summed E-state index contributed by atoms with van der Waals surface area (Å²) in [5.41, 5.74) is 3.75. The predicted octanol–water partition coefficient (Wildman–Crippen LogP) is 2.18. The highest BCUT2D eigenvalue weighted by Crippen LogP contribution is 2.19. The Hall–Kier alpha value is -2.62. The average Bonchev–Trinajstić information content (AvgIpc) is 3.17. The fourth-order valence-electron chi connectivity index (χ4n) is 3.62. The number of rotatable bonds is 6. The Bertz CT molecular complexity index is 1180. The van der Waals surface area contributed by atoms with E-state index in [1.165, 1.54) is 4.31 Å². The van der Waals surface area contributed by atoms with Crippen LogP contribution in [0.2, 0.25) is 0 Å². The van der Waals surface area contributed by atoms with Crippen LogP contribution >= 0.6 is 0 Å². The monoisotopic (exact) mass is 428 g/mol. The zero-order valence-electron chi connectivity index (χ0n) is 17.0. The van der Waals surface area contributed by atoms with Crippen LogP contribution in [0.15, 0.2) is 41.4 Å². The quantitative estimate of drug-likeness (QED) is 0.559. The van der Waals surface area contributed by atoms with Crippen molar-refractivity contribution in [1.29, 1.82) is 0 Å². The molecule has 1 aromatic carbocycles. The third-order valence-corrected chi connectivity index (χ3v) is 7.16. The number of nitrogens with zero attached hydrogens (tertiary/aromatic N) is 4. The Balaban J connectivity index is 1.45. The van der Waals surface area contributed by atoms with Gasteiger partial charge >= 0.3 is 0 Å².